The number of quaternary nitrogens is 1. The molecule has 7 nitrogen and oxygen atoms in total. The van der Waals surface area contributed by atoms with Crippen molar-refractivity contribution in [2.45, 2.75) is 19.3 Å². The number of carbonyl (C=O) groups excluding carboxylic acids is 2. The second-order valence-electron chi connectivity index (χ2n) is 9.63. The Balaban J connectivity index is 0.000000532. The summed E-state index contributed by atoms with van der Waals surface area (Å²) in [6.45, 7) is 0.978. The van der Waals surface area contributed by atoms with Crippen molar-refractivity contribution in [2.24, 2.45) is 0 Å². The van der Waals surface area contributed by atoms with Gasteiger partial charge in [-0.15, -0.1) is 0 Å². The molecule has 39 heavy (non-hydrogen) atoms. The van der Waals surface area contributed by atoms with Gasteiger partial charge in [-0.1, -0.05) is 42.5 Å². The molecule has 1 amide bonds. The number of carboxylic acids is 1. The highest BCUT2D eigenvalue weighted by molar-refractivity contribution is 5.98. The number of aromatic nitrogens is 1. The van der Waals surface area contributed by atoms with Crippen molar-refractivity contribution in [2.75, 3.05) is 21.1 Å². The number of hydrogen-bond acceptors (Lipinski definition) is 4. The van der Waals surface area contributed by atoms with E-state index in [9.17, 15) is 23.2 Å². The zero-order valence-electron chi connectivity index (χ0n) is 21.6. The number of rotatable bonds is 6. The topological polar surface area (TPSA) is 98.0 Å². The van der Waals surface area contributed by atoms with Crippen LogP contribution in [0.2, 0.25) is 0 Å². The maximum Gasteiger partial charge on any atom is 0.430 e. The van der Waals surface area contributed by atoms with Crippen molar-refractivity contribution in [3.8, 4) is 6.07 Å². The van der Waals surface area contributed by atoms with E-state index >= 15 is 0 Å². The number of nitrogens with one attached hydrogen (secondary N) is 1. The normalized spacial score (nSPS) is 11.3. The van der Waals surface area contributed by atoms with Gasteiger partial charge in [0, 0.05) is 24.0 Å². The third-order valence-corrected chi connectivity index (χ3v) is 5.84. The molecule has 0 saturated heterocycles. The molecular formula is C29H27F3N4O3. The van der Waals surface area contributed by atoms with Crippen LogP contribution in [-0.4, -0.2) is 43.8 Å². The number of para-hydroxylation sites is 1. The summed E-state index contributed by atoms with van der Waals surface area (Å²) in [5, 5.41) is 22.1. The second-order valence-corrected chi connectivity index (χ2v) is 9.63. The minimum atomic E-state index is -5.19. The van der Waals surface area contributed by atoms with Crippen LogP contribution in [0.4, 0.5) is 18.9 Å². The molecule has 3 aromatic carbocycles. The average molecular weight is 537 g/mol. The average Bonchev–Trinajstić information content (AvgIpc) is 3.25. The molecule has 1 heterocycles. The van der Waals surface area contributed by atoms with Crippen LogP contribution in [0.1, 0.15) is 27.2 Å². The highest BCUT2D eigenvalue weighted by Gasteiger charge is 2.28. The van der Waals surface area contributed by atoms with Crippen LogP contribution in [0.25, 0.3) is 10.9 Å². The summed E-state index contributed by atoms with van der Waals surface area (Å²) in [7, 11) is 6.38. The van der Waals surface area contributed by atoms with Gasteiger partial charge in [0.1, 0.15) is 17.4 Å². The lowest BCUT2D eigenvalue weighted by Gasteiger charge is -2.23. The van der Waals surface area contributed by atoms with Crippen molar-refractivity contribution in [1.82, 2.24) is 14.4 Å². The summed E-state index contributed by atoms with van der Waals surface area (Å²) in [5.41, 5.74) is 5.46. The van der Waals surface area contributed by atoms with E-state index in [1.807, 2.05) is 53.1 Å². The molecule has 0 spiro atoms. The highest BCUT2D eigenvalue weighted by atomic mass is 19.4. The molecule has 0 saturated carbocycles. The molecule has 4 aromatic rings. The Labute approximate surface area is 223 Å². The number of hydrogen-bond donors (Lipinski definition) is 1. The van der Waals surface area contributed by atoms with Crippen molar-refractivity contribution in [1.29, 1.82) is 5.26 Å². The van der Waals surface area contributed by atoms with E-state index in [0.717, 1.165) is 26.5 Å². The van der Waals surface area contributed by atoms with E-state index in [4.69, 9.17) is 9.90 Å². The second kappa shape index (κ2) is 11.8. The fourth-order valence-corrected chi connectivity index (χ4v) is 3.82. The first-order valence-corrected chi connectivity index (χ1v) is 11.8. The fourth-order valence-electron chi connectivity index (χ4n) is 3.82. The van der Waals surface area contributed by atoms with Gasteiger partial charge < -0.3 is 19.8 Å². The Kier molecular flexibility index (Phi) is 8.78. The molecule has 1 aromatic heterocycles. The van der Waals surface area contributed by atoms with Crippen LogP contribution in [0.5, 0.6) is 0 Å². The molecule has 0 atom stereocenters. The number of nitriles is 1. The van der Waals surface area contributed by atoms with Crippen LogP contribution < -0.4 is 14.9 Å². The Hall–Kier alpha value is -4.62. The molecule has 0 aliphatic rings. The van der Waals surface area contributed by atoms with Crippen LogP contribution in [0.15, 0.2) is 78.9 Å². The summed E-state index contributed by atoms with van der Waals surface area (Å²) in [5.74, 6) is -3.12. The number of carbonyl (C=O) groups is 2. The van der Waals surface area contributed by atoms with Crippen LogP contribution in [0.3, 0.4) is 0 Å². The maximum absolute atomic E-state index is 13.2. The number of nitrogens with zero attached hydrogens (tertiary/aromatic N) is 3. The molecular weight excluding hydrogens is 509 g/mol. The third kappa shape index (κ3) is 7.69. The molecule has 10 heteroatoms. The lowest BCUT2D eigenvalue weighted by atomic mass is 10.1. The number of alkyl halides is 3. The Morgan fingerprint density at radius 1 is 0.949 bits per heavy atom. The monoisotopic (exact) mass is 536 g/mol. The fraction of sp³-hybridized carbons (Fsp3) is 0.207. The third-order valence-electron chi connectivity index (χ3n) is 5.84. The van der Waals surface area contributed by atoms with Gasteiger partial charge in [-0.25, -0.2) is 0 Å². The standard InChI is InChI=1S/C27H26N4O.C2HF3O2/c1-31(2,3)24-13-11-20(12-14-24)18-29-27(32)26-16-23-9-4-5-10-25(23)30(26)19-22-8-6-7-21(15-22)17-28;3-2(4,5)1(6)7/h4-16H,18-19H2,1-3H3;(H,6,7). The Bertz CT molecular complexity index is 1510. The molecule has 0 aliphatic carbocycles. The SMILES string of the molecule is C[N+](C)(C)c1ccc(CNC(=O)c2cc3ccccc3n2Cc2cccc(C#N)c2)cc1.O=C([O-])C(F)(F)F. The number of fused-ring (bicyclic) bond motifs is 1. The van der Waals surface area contributed by atoms with Crippen LogP contribution in [-0.2, 0) is 17.9 Å². The van der Waals surface area contributed by atoms with E-state index in [1.54, 1.807) is 6.07 Å². The molecule has 1 N–H and O–H groups in total. The van der Waals surface area contributed by atoms with E-state index in [2.05, 4.69) is 56.8 Å². The molecule has 0 aliphatic heterocycles. The highest BCUT2D eigenvalue weighted by Crippen LogP contribution is 2.22. The minimum absolute atomic E-state index is 0.117. The minimum Gasteiger partial charge on any atom is -0.542 e. The molecule has 202 valence electrons. The van der Waals surface area contributed by atoms with Gasteiger partial charge in [0.05, 0.1) is 32.8 Å². The molecule has 0 fully saturated rings. The van der Waals surface area contributed by atoms with Gasteiger partial charge in [-0.05, 0) is 47.5 Å². The molecule has 0 unspecified atom stereocenters. The summed E-state index contributed by atoms with van der Waals surface area (Å²) in [6, 6.07) is 27.9. The first-order chi connectivity index (χ1) is 18.3. The predicted molar refractivity (Wildman–Crippen MR) is 140 cm³/mol. The summed E-state index contributed by atoms with van der Waals surface area (Å²) in [6.07, 6.45) is -5.19. The zero-order valence-corrected chi connectivity index (χ0v) is 21.6. The lowest BCUT2D eigenvalue weighted by molar-refractivity contribution is -0.344. The predicted octanol–water partition coefficient (Wildman–Crippen LogP) is 3.99. The number of benzene rings is 3. The Morgan fingerprint density at radius 2 is 1.59 bits per heavy atom. The van der Waals surface area contributed by atoms with Gasteiger partial charge in [0.2, 0.25) is 0 Å². The van der Waals surface area contributed by atoms with Crippen molar-refractivity contribution < 1.29 is 27.9 Å². The number of halogens is 3. The van der Waals surface area contributed by atoms with E-state index in [-0.39, 0.29) is 5.91 Å². The molecule has 4 rings (SSSR count). The smallest absolute Gasteiger partial charge is 0.430 e. The van der Waals surface area contributed by atoms with Gasteiger partial charge in [-0.3, -0.25) is 9.28 Å². The van der Waals surface area contributed by atoms with Crippen LogP contribution in [0, 0.1) is 11.3 Å². The molecule has 0 bridgehead atoms. The number of aliphatic carboxylic acids is 1. The number of carboxylic acid groups (broad SMARTS) is 1. The summed E-state index contributed by atoms with van der Waals surface area (Å²) in [4.78, 5) is 21.9. The largest absolute Gasteiger partial charge is 0.542 e. The van der Waals surface area contributed by atoms with E-state index in [0.29, 0.717) is 24.3 Å². The summed E-state index contributed by atoms with van der Waals surface area (Å²) < 4.78 is 34.3. The quantitative estimate of drug-likeness (QED) is 0.377. The van der Waals surface area contributed by atoms with Gasteiger partial charge >= 0.3 is 6.18 Å². The number of amides is 1. The van der Waals surface area contributed by atoms with Crippen LogP contribution >= 0.6 is 0 Å². The first kappa shape index (κ1) is 28.9. The van der Waals surface area contributed by atoms with E-state index in [1.165, 1.54) is 5.69 Å². The van der Waals surface area contributed by atoms with Crippen molar-refractivity contribution in [3.63, 3.8) is 0 Å². The molecule has 0 radical (unpaired) electrons. The van der Waals surface area contributed by atoms with Crippen molar-refractivity contribution in [3.05, 3.63) is 101 Å². The lowest BCUT2D eigenvalue weighted by Crippen LogP contribution is -2.37. The summed E-state index contributed by atoms with van der Waals surface area (Å²) >= 11 is 0. The van der Waals surface area contributed by atoms with Crippen molar-refractivity contribution >= 4 is 28.5 Å². The van der Waals surface area contributed by atoms with Gasteiger partial charge in [0.15, 0.2) is 0 Å². The van der Waals surface area contributed by atoms with Gasteiger partial charge in [0.25, 0.3) is 5.91 Å². The Morgan fingerprint density at radius 3 is 2.18 bits per heavy atom. The zero-order chi connectivity index (χ0) is 28.8. The van der Waals surface area contributed by atoms with Gasteiger partial charge in [-0.2, -0.15) is 18.4 Å². The van der Waals surface area contributed by atoms with E-state index < -0.39 is 12.1 Å². The first-order valence-electron chi connectivity index (χ1n) is 11.8. The maximum atomic E-state index is 13.2.